The van der Waals surface area contributed by atoms with Crippen LogP contribution >= 0.6 is 0 Å². The summed E-state index contributed by atoms with van der Waals surface area (Å²) in [5.74, 6) is -1.85. The molecule has 8 heteroatoms. The molecule has 0 atom stereocenters. The molecular weight excluding hydrogens is 368 g/mol. The molecule has 2 N–H and O–H groups in total. The fourth-order valence-corrected chi connectivity index (χ4v) is 3.48. The average molecular weight is 391 g/mol. The van der Waals surface area contributed by atoms with Gasteiger partial charge in [0.1, 0.15) is 18.2 Å². The lowest BCUT2D eigenvalue weighted by Crippen LogP contribution is -2.54. The molecule has 1 aromatic carbocycles. The molecule has 1 saturated carbocycles. The highest BCUT2D eigenvalue weighted by Crippen LogP contribution is 2.31. The van der Waals surface area contributed by atoms with Crippen LogP contribution in [-0.2, 0) is 11.3 Å². The zero-order valence-corrected chi connectivity index (χ0v) is 16.0. The number of halogens is 2. The van der Waals surface area contributed by atoms with E-state index in [1.54, 1.807) is 6.92 Å². The molecule has 2 aromatic rings. The minimum Gasteiger partial charge on any atom is -0.390 e. The van der Waals surface area contributed by atoms with Crippen LogP contribution in [0, 0.1) is 11.6 Å². The van der Waals surface area contributed by atoms with Gasteiger partial charge < -0.3 is 10.4 Å². The Hall–Kier alpha value is -2.61. The fourth-order valence-electron chi connectivity index (χ4n) is 3.48. The van der Waals surface area contributed by atoms with E-state index in [2.05, 4.69) is 10.4 Å². The first-order chi connectivity index (χ1) is 13.1. The fraction of sp³-hybridized carbons (Fsp3) is 0.450. The summed E-state index contributed by atoms with van der Waals surface area (Å²) in [6.07, 6.45) is 0.909. The predicted octanol–water partition coefficient (Wildman–Crippen LogP) is 2.34. The van der Waals surface area contributed by atoms with Crippen molar-refractivity contribution in [3.63, 3.8) is 0 Å². The molecule has 1 heterocycles. The molecule has 1 aliphatic rings. The lowest BCUT2D eigenvalue weighted by Gasteiger charge is -2.41. The topological polar surface area (TPSA) is 84.2 Å². The standard InChI is InChI=1S/C20H23F2N3O3/c1-11(2)19-15(14-6-12(21)4-5-16(14)22)7-18(27)25(24-19)10-17(26)23-13-8-20(3,28)9-13/h4-7,11,13,28H,8-10H2,1-3H3,(H,23,26). The van der Waals surface area contributed by atoms with E-state index in [0.29, 0.717) is 18.5 Å². The highest BCUT2D eigenvalue weighted by Gasteiger charge is 2.39. The molecular formula is C20H23F2N3O3. The molecule has 3 rings (SSSR count). The Morgan fingerprint density at radius 1 is 1.32 bits per heavy atom. The van der Waals surface area contributed by atoms with Crippen molar-refractivity contribution in [2.45, 2.75) is 57.7 Å². The molecule has 0 aliphatic heterocycles. The van der Waals surface area contributed by atoms with Gasteiger partial charge in [0.25, 0.3) is 5.56 Å². The van der Waals surface area contributed by atoms with Gasteiger partial charge in [0.2, 0.25) is 5.91 Å². The van der Waals surface area contributed by atoms with Crippen molar-refractivity contribution >= 4 is 5.91 Å². The summed E-state index contributed by atoms with van der Waals surface area (Å²) in [7, 11) is 0. The third-order valence-corrected chi connectivity index (χ3v) is 4.82. The zero-order chi connectivity index (χ0) is 20.6. The summed E-state index contributed by atoms with van der Waals surface area (Å²) in [5, 5.41) is 16.7. The Morgan fingerprint density at radius 2 is 2.00 bits per heavy atom. The summed E-state index contributed by atoms with van der Waals surface area (Å²) in [4.78, 5) is 24.7. The van der Waals surface area contributed by atoms with E-state index in [1.165, 1.54) is 6.07 Å². The first-order valence-corrected chi connectivity index (χ1v) is 9.15. The van der Waals surface area contributed by atoms with Crippen LogP contribution in [0.4, 0.5) is 8.78 Å². The largest absolute Gasteiger partial charge is 0.390 e. The number of hydrogen-bond donors (Lipinski definition) is 2. The van der Waals surface area contributed by atoms with E-state index < -0.39 is 28.7 Å². The number of rotatable bonds is 5. The van der Waals surface area contributed by atoms with Crippen molar-refractivity contribution in [3.8, 4) is 11.1 Å². The highest BCUT2D eigenvalue weighted by atomic mass is 19.1. The number of amides is 1. The highest BCUT2D eigenvalue weighted by molar-refractivity contribution is 5.76. The van der Waals surface area contributed by atoms with Gasteiger partial charge in [0, 0.05) is 23.2 Å². The molecule has 1 aromatic heterocycles. The molecule has 0 unspecified atom stereocenters. The second kappa shape index (κ2) is 7.43. The maximum absolute atomic E-state index is 14.2. The number of carbonyl (C=O) groups is 1. The molecule has 1 fully saturated rings. The quantitative estimate of drug-likeness (QED) is 0.820. The first-order valence-electron chi connectivity index (χ1n) is 9.15. The molecule has 1 aliphatic carbocycles. The summed E-state index contributed by atoms with van der Waals surface area (Å²) >= 11 is 0. The van der Waals surface area contributed by atoms with Crippen LogP contribution in [0.25, 0.3) is 11.1 Å². The monoisotopic (exact) mass is 391 g/mol. The third kappa shape index (κ3) is 4.27. The van der Waals surface area contributed by atoms with E-state index in [1.807, 2.05) is 13.8 Å². The summed E-state index contributed by atoms with van der Waals surface area (Å²) in [6.45, 7) is 5.03. The first kappa shape index (κ1) is 20.1. The maximum Gasteiger partial charge on any atom is 0.267 e. The lowest BCUT2D eigenvalue weighted by molar-refractivity contribution is -0.125. The van der Waals surface area contributed by atoms with Crippen LogP contribution in [0.5, 0.6) is 0 Å². The van der Waals surface area contributed by atoms with Gasteiger partial charge in [-0.1, -0.05) is 13.8 Å². The van der Waals surface area contributed by atoms with Crippen molar-refractivity contribution < 1.29 is 18.7 Å². The molecule has 150 valence electrons. The van der Waals surface area contributed by atoms with Gasteiger partial charge in [0.15, 0.2) is 0 Å². The lowest BCUT2D eigenvalue weighted by atomic mass is 9.77. The molecule has 6 nitrogen and oxygen atoms in total. The van der Waals surface area contributed by atoms with Crippen molar-refractivity contribution in [1.82, 2.24) is 15.1 Å². The van der Waals surface area contributed by atoms with Crippen molar-refractivity contribution in [2.24, 2.45) is 0 Å². The number of nitrogens with one attached hydrogen (secondary N) is 1. The molecule has 0 saturated heterocycles. The van der Waals surface area contributed by atoms with Crippen LogP contribution in [0.15, 0.2) is 29.1 Å². The van der Waals surface area contributed by atoms with Gasteiger partial charge in [-0.05, 0) is 43.9 Å². The second-order valence-corrected chi connectivity index (χ2v) is 7.89. The molecule has 0 radical (unpaired) electrons. The smallest absolute Gasteiger partial charge is 0.267 e. The van der Waals surface area contributed by atoms with Crippen molar-refractivity contribution in [1.29, 1.82) is 0 Å². The Bertz CT molecular complexity index is 962. The predicted molar refractivity (Wildman–Crippen MR) is 99.7 cm³/mol. The number of nitrogens with zero attached hydrogens (tertiary/aromatic N) is 2. The molecule has 0 bridgehead atoms. The van der Waals surface area contributed by atoms with Crippen LogP contribution in [0.1, 0.15) is 45.2 Å². The van der Waals surface area contributed by atoms with Crippen LogP contribution < -0.4 is 10.9 Å². The van der Waals surface area contributed by atoms with E-state index in [0.717, 1.165) is 22.9 Å². The number of benzene rings is 1. The third-order valence-electron chi connectivity index (χ3n) is 4.82. The number of aromatic nitrogens is 2. The van der Waals surface area contributed by atoms with E-state index in [4.69, 9.17) is 0 Å². The zero-order valence-electron chi connectivity index (χ0n) is 16.0. The molecule has 0 spiro atoms. The van der Waals surface area contributed by atoms with Gasteiger partial charge in [-0.3, -0.25) is 9.59 Å². The number of carbonyl (C=O) groups excluding carboxylic acids is 1. The number of hydrogen-bond acceptors (Lipinski definition) is 4. The van der Waals surface area contributed by atoms with Gasteiger partial charge in [-0.2, -0.15) is 5.10 Å². The Kier molecular flexibility index (Phi) is 5.34. The van der Waals surface area contributed by atoms with E-state index in [-0.39, 0.29) is 29.6 Å². The van der Waals surface area contributed by atoms with Crippen LogP contribution in [-0.4, -0.2) is 32.4 Å². The summed E-state index contributed by atoms with van der Waals surface area (Å²) in [6, 6.07) is 4.08. The Morgan fingerprint density at radius 3 is 2.61 bits per heavy atom. The Balaban J connectivity index is 1.88. The van der Waals surface area contributed by atoms with Gasteiger partial charge in [-0.15, -0.1) is 0 Å². The van der Waals surface area contributed by atoms with Crippen molar-refractivity contribution in [2.75, 3.05) is 0 Å². The average Bonchev–Trinajstić information content (AvgIpc) is 2.56. The van der Waals surface area contributed by atoms with Gasteiger partial charge in [-0.25, -0.2) is 13.5 Å². The Labute approximate surface area is 161 Å². The summed E-state index contributed by atoms with van der Waals surface area (Å²) in [5.41, 5.74) is -0.790. The van der Waals surface area contributed by atoms with Crippen LogP contribution in [0.2, 0.25) is 0 Å². The second-order valence-electron chi connectivity index (χ2n) is 7.89. The van der Waals surface area contributed by atoms with E-state index in [9.17, 15) is 23.5 Å². The SMILES string of the molecule is CC(C)c1nn(CC(=O)NC2CC(C)(O)C2)c(=O)cc1-c1cc(F)ccc1F. The van der Waals surface area contributed by atoms with Crippen LogP contribution in [0.3, 0.4) is 0 Å². The normalized spacial score (nSPS) is 21.5. The molecule has 1 amide bonds. The minimum atomic E-state index is -0.769. The number of aliphatic hydroxyl groups is 1. The molecule has 28 heavy (non-hydrogen) atoms. The van der Waals surface area contributed by atoms with E-state index >= 15 is 0 Å². The van der Waals surface area contributed by atoms with Gasteiger partial charge >= 0.3 is 0 Å². The van der Waals surface area contributed by atoms with Gasteiger partial charge in [0.05, 0.1) is 11.3 Å². The summed E-state index contributed by atoms with van der Waals surface area (Å²) < 4.78 is 28.8. The minimum absolute atomic E-state index is 0.0402. The maximum atomic E-state index is 14.2. The van der Waals surface area contributed by atoms with Crippen molar-refractivity contribution in [3.05, 3.63) is 51.9 Å².